The van der Waals surface area contributed by atoms with Crippen LogP contribution in [0, 0.1) is 5.92 Å². The van der Waals surface area contributed by atoms with Gasteiger partial charge in [-0.15, -0.1) is 0 Å². The summed E-state index contributed by atoms with van der Waals surface area (Å²) in [5, 5.41) is 10.7. The highest BCUT2D eigenvalue weighted by atomic mass is 16.5. The van der Waals surface area contributed by atoms with Gasteiger partial charge < -0.3 is 14.7 Å². The molecule has 3 heteroatoms. The van der Waals surface area contributed by atoms with Crippen LogP contribution in [0.25, 0.3) is 0 Å². The van der Waals surface area contributed by atoms with Gasteiger partial charge in [0.15, 0.2) is 0 Å². The van der Waals surface area contributed by atoms with Crippen LogP contribution in [-0.2, 0) is 4.74 Å². The molecule has 0 aliphatic carbocycles. The second-order valence-corrected chi connectivity index (χ2v) is 6.10. The zero-order chi connectivity index (χ0) is 11.8. The first kappa shape index (κ1) is 12.3. The van der Waals surface area contributed by atoms with Crippen molar-refractivity contribution in [2.45, 2.75) is 50.7 Å². The lowest BCUT2D eigenvalue weighted by Crippen LogP contribution is -2.47. The Morgan fingerprint density at radius 2 is 2.19 bits per heavy atom. The summed E-state index contributed by atoms with van der Waals surface area (Å²) in [7, 11) is 1.75. The summed E-state index contributed by atoms with van der Waals surface area (Å²) in [5.41, 5.74) is -0.533. The van der Waals surface area contributed by atoms with E-state index < -0.39 is 5.60 Å². The molecular formula is C13H25NO2. The normalized spacial score (nSPS) is 39.0. The summed E-state index contributed by atoms with van der Waals surface area (Å²) in [6, 6.07) is 0. The standard InChI is InChI=1S/C13H25NO2/c1-12(2,16-3)5-6-13(15)7-9-14-8-4-11(13)10-14/h11,15H,4-10H2,1-3H3. The maximum atomic E-state index is 10.7. The first-order valence-corrected chi connectivity index (χ1v) is 6.45. The Labute approximate surface area is 98.8 Å². The van der Waals surface area contributed by atoms with Gasteiger partial charge in [-0.2, -0.15) is 0 Å². The van der Waals surface area contributed by atoms with E-state index in [9.17, 15) is 5.11 Å². The summed E-state index contributed by atoms with van der Waals surface area (Å²) < 4.78 is 5.43. The van der Waals surface area contributed by atoms with Gasteiger partial charge in [-0.3, -0.25) is 0 Å². The minimum Gasteiger partial charge on any atom is -0.389 e. The molecular weight excluding hydrogens is 202 g/mol. The highest BCUT2D eigenvalue weighted by molar-refractivity contribution is 4.98. The Kier molecular flexibility index (Phi) is 3.30. The van der Waals surface area contributed by atoms with Crippen LogP contribution in [0.5, 0.6) is 0 Å². The molecule has 0 aromatic carbocycles. The number of ether oxygens (including phenoxy) is 1. The molecule has 0 aromatic heterocycles. The lowest BCUT2D eigenvalue weighted by molar-refractivity contribution is -0.0733. The van der Waals surface area contributed by atoms with Crippen molar-refractivity contribution in [3.63, 3.8) is 0 Å². The van der Waals surface area contributed by atoms with Crippen molar-refractivity contribution < 1.29 is 9.84 Å². The van der Waals surface area contributed by atoms with E-state index in [-0.39, 0.29) is 5.60 Å². The number of aliphatic hydroxyl groups is 1. The molecule has 2 fully saturated rings. The Balaban J connectivity index is 1.92. The quantitative estimate of drug-likeness (QED) is 0.792. The van der Waals surface area contributed by atoms with Crippen molar-refractivity contribution in [3.05, 3.63) is 0 Å². The molecule has 0 aromatic rings. The fourth-order valence-corrected chi connectivity index (χ4v) is 2.98. The van der Waals surface area contributed by atoms with Gasteiger partial charge >= 0.3 is 0 Å². The topological polar surface area (TPSA) is 32.7 Å². The Morgan fingerprint density at radius 1 is 1.44 bits per heavy atom. The molecule has 3 atom stereocenters. The van der Waals surface area contributed by atoms with E-state index in [1.807, 2.05) is 0 Å². The summed E-state index contributed by atoms with van der Waals surface area (Å²) in [6.07, 6.45) is 3.93. The lowest BCUT2D eigenvalue weighted by Gasteiger charge is -2.40. The van der Waals surface area contributed by atoms with E-state index in [1.54, 1.807) is 7.11 Å². The lowest BCUT2D eigenvalue weighted by atomic mass is 9.77. The third-order valence-electron chi connectivity index (χ3n) is 4.61. The van der Waals surface area contributed by atoms with Crippen molar-refractivity contribution in [3.8, 4) is 0 Å². The number of hydrogen-bond acceptors (Lipinski definition) is 3. The largest absolute Gasteiger partial charge is 0.389 e. The van der Waals surface area contributed by atoms with Gasteiger partial charge in [0.25, 0.3) is 0 Å². The SMILES string of the molecule is COC(C)(C)CCC1(O)CCN2CCC1C2. The molecule has 2 aliphatic rings. The summed E-state index contributed by atoms with van der Waals surface area (Å²) in [5.74, 6) is 0.494. The number of nitrogens with zero attached hydrogens (tertiary/aromatic N) is 1. The number of hydrogen-bond donors (Lipinski definition) is 1. The van der Waals surface area contributed by atoms with E-state index in [2.05, 4.69) is 18.7 Å². The fourth-order valence-electron chi connectivity index (χ4n) is 2.98. The number of methoxy groups -OCH3 is 1. The maximum absolute atomic E-state index is 10.7. The maximum Gasteiger partial charge on any atom is 0.0701 e. The van der Waals surface area contributed by atoms with Crippen LogP contribution in [0.1, 0.15) is 39.5 Å². The zero-order valence-corrected chi connectivity index (χ0v) is 10.8. The average molecular weight is 227 g/mol. The third-order valence-corrected chi connectivity index (χ3v) is 4.61. The summed E-state index contributed by atoms with van der Waals surface area (Å²) >= 11 is 0. The van der Waals surface area contributed by atoms with E-state index in [1.165, 1.54) is 13.0 Å². The molecule has 2 saturated heterocycles. The molecule has 0 spiro atoms. The Hall–Kier alpha value is -0.120. The first-order valence-electron chi connectivity index (χ1n) is 6.45. The van der Waals surface area contributed by atoms with Crippen molar-refractivity contribution in [1.82, 2.24) is 4.90 Å². The number of piperidine rings is 1. The molecule has 0 amide bonds. The Morgan fingerprint density at radius 3 is 2.88 bits per heavy atom. The smallest absolute Gasteiger partial charge is 0.0701 e. The summed E-state index contributed by atoms with van der Waals surface area (Å²) in [4.78, 5) is 2.47. The molecule has 2 rings (SSSR count). The molecule has 2 heterocycles. The van der Waals surface area contributed by atoms with E-state index >= 15 is 0 Å². The molecule has 2 bridgehead atoms. The zero-order valence-electron chi connectivity index (χ0n) is 10.8. The number of fused-ring (bicyclic) bond motifs is 2. The molecule has 3 nitrogen and oxygen atoms in total. The van der Waals surface area contributed by atoms with E-state index in [0.717, 1.165) is 32.4 Å². The van der Waals surface area contributed by atoms with E-state index in [4.69, 9.17) is 4.74 Å². The third kappa shape index (κ3) is 2.41. The van der Waals surface area contributed by atoms with Crippen LogP contribution in [-0.4, -0.2) is 48.0 Å². The monoisotopic (exact) mass is 227 g/mol. The fraction of sp³-hybridized carbons (Fsp3) is 1.00. The predicted molar refractivity (Wildman–Crippen MR) is 64.4 cm³/mol. The molecule has 1 N–H and O–H groups in total. The van der Waals surface area contributed by atoms with Crippen LogP contribution >= 0.6 is 0 Å². The predicted octanol–water partition coefficient (Wildman–Crippen LogP) is 1.65. The van der Waals surface area contributed by atoms with Crippen molar-refractivity contribution in [2.24, 2.45) is 5.92 Å². The minimum atomic E-state index is -0.428. The highest BCUT2D eigenvalue weighted by Gasteiger charge is 2.45. The molecule has 0 saturated carbocycles. The van der Waals surface area contributed by atoms with Gasteiger partial charge in [0, 0.05) is 26.1 Å². The molecule has 94 valence electrons. The molecule has 3 unspecified atom stereocenters. The minimum absolute atomic E-state index is 0.106. The van der Waals surface area contributed by atoms with Crippen molar-refractivity contribution in [2.75, 3.05) is 26.7 Å². The van der Waals surface area contributed by atoms with Gasteiger partial charge in [0.2, 0.25) is 0 Å². The van der Waals surface area contributed by atoms with Gasteiger partial charge in [-0.1, -0.05) is 0 Å². The Bertz CT molecular complexity index is 254. The van der Waals surface area contributed by atoms with Crippen LogP contribution in [0.15, 0.2) is 0 Å². The molecule has 0 radical (unpaired) electrons. The van der Waals surface area contributed by atoms with Gasteiger partial charge in [-0.25, -0.2) is 0 Å². The van der Waals surface area contributed by atoms with Gasteiger partial charge in [-0.05, 0) is 46.1 Å². The van der Waals surface area contributed by atoms with Crippen molar-refractivity contribution in [1.29, 1.82) is 0 Å². The number of rotatable bonds is 4. The highest BCUT2D eigenvalue weighted by Crippen LogP contribution is 2.39. The van der Waals surface area contributed by atoms with Crippen molar-refractivity contribution >= 4 is 0 Å². The second-order valence-electron chi connectivity index (χ2n) is 6.10. The molecule has 16 heavy (non-hydrogen) atoms. The van der Waals surface area contributed by atoms with E-state index in [0.29, 0.717) is 5.92 Å². The molecule has 2 aliphatic heterocycles. The van der Waals surface area contributed by atoms with Gasteiger partial charge in [0.1, 0.15) is 0 Å². The van der Waals surface area contributed by atoms with Crippen LogP contribution in [0.4, 0.5) is 0 Å². The first-order chi connectivity index (χ1) is 7.45. The van der Waals surface area contributed by atoms with Crippen LogP contribution in [0.3, 0.4) is 0 Å². The average Bonchev–Trinajstić information content (AvgIpc) is 2.68. The van der Waals surface area contributed by atoms with Crippen LogP contribution in [0.2, 0.25) is 0 Å². The second kappa shape index (κ2) is 4.28. The van der Waals surface area contributed by atoms with Crippen LogP contribution < -0.4 is 0 Å². The van der Waals surface area contributed by atoms with Gasteiger partial charge in [0.05, 0.1) is 11.2 Å². The summed E-state index contributed by atoms with van der Waals surface area (Å²) in [6.45, 7) is 7.55.